The van der Waals surface area contributed by atoms with Crippen molar-refractivity contribution in [1.29, 1.82) is 0 Å². The minimum absolute atomic E-state index is 0.191. The molecular weight excluding hydrogens is 233 g/mol. The van der Waals surface area contributed by atoms with Crippen molar-refractivity contribution in [3.05, 3.63) is 34.1 Å². The molecule has 1 aromatic carbocycles. The molecule has 0 unspecified atom stereocenters. The van der Waals surface area contributed by atoms with Gasteiger partial charge < -0.3 is 5.32 Å². The standard InChI is InChI=1S/C10H13BrFN/c1-7(2)13-6-8-5-9(12)3-4-10(8)11/h3-5,7,13H,6H2,1-2H3. The van der Waals surface area contributed by atoms with Gasteiger partial charge in [0.15, 0.2) is 0 Å². The smallest absolute Gasteiger partial charge is 0.123 e. The predicted molar refractivity (Wildman–Crippen MR) is 56.1 cm³/mol. The Kier molecular flexibility index (Phi) is 3.88. The summed E-state index contributed by atoms with van der Waals surface area (Å²) in [6.07, 6.45) is 0. The van der Waals surface area contributed by atoms with E-state index in [-0.39, 0.29) is 5.82 Å². The summed E-state index contributed by atoms with van der Waals surface area (Å²) in [5.74, 6) is -0.191. The van der Waals surface area contributed by atoms with Crippen LogP contribution in [0.1, 0.15) is 19.4 Å². The largest absolute Gasteiger partial charge is 0.310 e. The molecule has 0 spiro atoms. The number of nitrogens with one attached hydrogen (secondary N) is 1. The first-order valence-corrected chi connectivity index (χ1v) is 5.06. The van der Waals surface area contributed by atoms with Crippen molar-refractivity contribution in [2.45, 2.75) is 26.4 Å². The molecule has 0 aliphatic rings. The Bertz CT molecular complexity index is 286. The predicted octanol–water partition coefficient (Wildman–Crippen LogP) is 3.09. The third-order valence-corrected chi connectivity index (χ3v) is 2.48. The molecule has 0 radical (unpaired) electrons. The molecule has 1 rings (SSSR count). The van der Waals surface area contributed by atoms with Crippen LogP contribution in [0.5, 0.6) is 0 Å². The summed E-state index contributed by atoms with van der Waals surface area (Å²) < 4.78 is 13.8. The monoisotopic (exact) mass is 245 g/mol. The van der Waals surface area contributed by atoms with Crippen LogP contribution in [0.15, 0.2) is 22.7 Å². The molecule has 0 atom stereocenters. The normalized spacial score (nSPS) is 10.8. The van der Waals surface area contributed by atoms with Gasteiger partial charge in [-0.15, -0.1) is 0 Å². The summed E-state index contributed by atoms with van der Waals surface area (Å²) in [4.78, 5) is 0. The van der Waals surface area contributed by atoms with Crippen molar-refractivity contribution in [2.75, 3.05) is 0 Å². The van der Waals surface area contributed by atoms with Crippen LogP contribution >= 0.6 is 15.9 Å². The zero-order valence-corrected chi connectivity index (χ0v) is 9.36. The fraction of sp³-hybridized carbons (Fsp3) is 0.400. The molecule has 13 heavy (non-hydrogen) atoms. The summed E-state index contributed by atoms with van der Waals surface area (Å²) in [5, 5.41) is 3.23. The van der Waals surface area contributed by atoms with Gasteiger partial charge in [0.2, 0.25) is 0 Å². The van der Waals surface area contributed by atoms with E-state index in [1.165, 1.54) is 6.07 Å². The molecule has 0 aliphatic carbocycles. The molecule has 0 fully saturated rings. The lowest BCUT2D eigenvalue weighted by molar-refractivity contribution is 0.580. The third kappa shape index (κ3) is 3.44. The van der Waals surface area contributed by atoms with Gasteiger partial charge in [0.25, 0.3) is 0 Å². The molecule has 0 aliphatic heterocycles. The highest BCUT2D eigenvalue weighted by Crippen LogP contribution is 2.17. The lowest BCUT2D eigenvalue weighted by Crippen LogP contribution is -2.22. The summed E-state index contributed by atoms with van der Waals surface area (Å²) in [6.45, 7) is 4.82. The molecule has 72 valence electrons. The van der Waals surface area contributed by atoms with Crippen molar-refractivity contribution in [1.82, 2.24) is 5.32 Å². The number of benzene rings is 1. The minimum atomic E-state index is -0.191. The average Bonchev–Trinajstić information content (AvgIpc) is 2.06. The molecule has 0 heterocycles. The Labute approximate surface area is 86.5 Å². The maximum atomic E-state index is 12.8. The van der Waals surface area contributed by atoms with E-state index in [1.807, 2.05) is 0 Å². The van der Waals surface area contributed by atoms with Crippen LogP contribution in [0, 0.1) is 5.82 Å². The average molecular weight is 246 g/mol. The van der Waals surface area contributed by atoms with Crippen molar-refractivity contribution >= 4 is 15.9 Å². The van der Waals surface area contributed by atoms with Gasteiger partial charge in [0.05, 0.1) is 0 Å². The van der Waals surface area contributed by atoms with Gasteiger partial charge in [0.1, 0.15) is 5.82 Å². The molecule has 0 aromatic heterocycles. The molecular formula is C10H13BrFN. The van der Waals surface area contributed by atoms with E-state index < -0.39 is 0 Å². The van der Waals surface area contributed by atoms with Crippen LogP contribution in [0.25, 0.3) is 0 Å². The second-order valence-electron chi connectivity index (χ2n) is 3.27. The number of halogens is 2. The fourth-order valence-electron chi connectivity index (χ4n) is 0.993. The van der Waals surface area contributed by atoms with Gasteiger partial charge in [0, 0.05) is 17.1 Å². The van der Waals surface area contributed by atoms with Crippen molar-refractivity contribution in [3.63, 3.8) is 0 Å². The molecule has 0 bridgehead atoms. The zero-order chi connectivity index (χ0) is 9.84. The van der Waals surface area contributed by atoms with E-state index in [0.29, 0.717) is 12.6 Å². The lowest BCUT2D eigenvalue weighted by atomic mass is 10.2. The topological polar surface area (TPSA) is 12.0 Å². The highest BCUT2D eigenvalue weighted by atomic mass is 79.9. The van der Waals surface area contributed by atoms with E-state index in [1.54, 1.807) is 12.1 Å². The first-order valence-electron chi connectivity index (χ1n) is 4.27. The fourth-order valence-corrected chi connectivity index (χ4v) is 1.38. The molecule has 1 nitrogen and oxygen atoms in total. The van der Waals surface area contributed by atoms with Crippen LogP contribution < -0.4 is 5.32 Å². The van der Waals surface area contributed by atoms with Gasteiger partial charge in [-0.1, -0.05) is 29.8 Å². The van der Waals surface area contributed by atoms with E-state index in [9.17, 15) is 4.39 Å². The van der Waals surface area contributed by atoms with Crippen LogP contribution in [0.4, 0.5) is 4.39 Å². The quantitative estimate of drug-likeness (QED) is 0.864. The van der Waals surface area contributed by atoms with Crippen LogP contribution in [-0.4, -0.2) is 6.04 Å². The Morgan fingerprint density at radius 1 is 1.46 bits per heavy atom. The maximum Gasteiger partial charge on any atom is 0.123 e. The molecule has 0 amide bonds. The minimum Gasteiger partial charge on any atom is -0.310 e. The van der Waals surface area contributed by atoms with Gasteiger partial charge >= 0.3 is 0 Å². The molecule has 1 N–H and O–H groups in total. The Morgan fingerprint density at radius 2 is 2.15 bits per heavy atom. The van der Waals surface area contributed by atoms with Gasteiger partial charge in [-0.2, -0.15) is 0 Å². The van der Waals surface area contributed by atoms with Gasteiger partial charge in [-0.3, -0.25) is 0 Å². The first kappa shape index (κ1) is 10.7. The molecule has 0 saturated carbocycles. The van der Waals surface area contributed by atoms with E-state index >= 15 is 0 Å². The lowest BCUT2D eigenvalue weighted by Gasteiger charge is -2.09. The second-order valence-corrected chi connectivity index (χ2v) is 4.13. The van der Waals surface area contributed by atoms with E-state index in [2.05, 4.69) is 35.1 Å². The SMILES string of the molecule is CC(C)NCc1cc(F)ccc1Br. The van der Waals surface area contributed by atoms with Crippen molar-refractivity contribution < 1.29 is 4.39 Å². The highest BCUT2D eigenvalue weighted by molar-refractivity contribution is 9.10. The van der Waals surface area contributed by atoms with Crippen molar-refractivity contribution in [3.8, 4) is 0 Å². The Morgan fingerprint density at radius 3 is 2.77 bits per heavy atom. The highest BCUT2D eigenvalue weighted by Gasteiger charge is 2.01. The summed E-state index contributed by atoms with van der Waals surface area (Å²) in [5.41, 5.74) is 0.953. The number of hydrogen-bond donors (Lipinski definition) is 1. The van der Waals surface area contributed by atoms with Crippen molar-refractivity contribution in [2.24, 2.45) is 0 Å². The number of hydrogen-bond acceptors (Lipinski definition) is 1. The molecule has 1 aromatic rings. The first-order chi connectivity index (χ1) is 6.09. The summed E-state index contributed by atoms with van der Waals surface area (Å²) in [6, 6.07) is 5.13. The third-order valence-electron chi connectivity index (χ3n) is 1.71. The van der Waals surface area contributed by atoms with Crippen LogP contribution in [0.2, 0.25) is 0 Å². The Balaban J connectivity index is 2.70. The van der Waals surface area contributed by atoms with Gasteiger partial charge in [-0.25, -0.2) is 4.39 Å². The number of rotatable bonds is 3. The van der Waals surface area contributed by atoms with E-state index in [4.69, 9.17) is 0 Å². The zero-order valence-electron chi connectivity index (χ0n) is 7.77. The van der Waals surface area contributed by atoms with Crippen LogP contribution in [0.3, 0.4) is 0 Å². The summed E-state index contributed by atoms with van der Waals surface area (Å²) in [7, 11) is 0. The van der Waals surface area contributed by atoms with Crippen LogP contribution in [-0.2, 0) is 6.54 Å². The van der Waals surface area contributed by atoms with Gasteiger partial charge in [-0.05, 0) is 23.8 Å². The molecule has 0 saturated heterocycles. The van der Waals surface area contributed by atoms with E-state index in [0.717, 1.165) is 10.0 Å². The maximum absolute atomic E-state index is 12.8. The summed E-state index contributed by atoms with van der Waals surface area (Å²) >= 11 is 3.37. The second kappa shape index (κ2) is 4.72. The molecule has 3 heteroatoms. The Hall–Kier alpha value is -0.410.